The van der Waals surface area contributed by atoms with Crippen LogP contribution in [-0.2, 0) is 0 Å². The minimum absolute atomic E-state index is 0.766. The highest BCUT2D eigenvalue weighted by molar-refractivity contribution is 6.30. The van der Waals surface area contributed by atoms with E-state index < -0.39 is 0 Å². The Morgan fingerprint density at radius 2 is 1.91 bits per heavy atom. The molecule has 0 aliphatic carbocycles. The van der Waals surface area contributed by atoms with E-state index in [0.29, 0.717) is 0 Å². The highest BCUT2D eigenvalue weighted by Crippen LogP contribution is 2.15. The summed E-state index contributed by atoms with van der Waals surface area (Å²) >= 11 is 5.73. The van der Waals surface area contributed by atoms with Crippen LogP contribution in [0.1, 0.15) is 0 Å². The first-order valence-electron chi connectivity index (χ1n) is 3.50. The summed E-state index contributed by atoms with van der Waals surface area (Å²) in [7, 11) is 2.00. The zero-order chi connectivity index (χ0) is 8.27. The Labute approximate surface area is 72.6 Å². The number of halogens is 1. The van der Waals surface area contributed by atoms with Gasteiger partial charge >= 0.3 is 0 Å². The number of nitrogens with zero attached hydrogens (tertiary/aromatic N) is 1. The van der Waals surface area contributed by atoms with Gasteiger partial charge in [-0.2, -0.15) is 0 Å². The third-order valence-electron chi connectivity index (χ3n) is 1.60. The van der Waals surface area contributed by atoms with Crippen molar-refractivity contribution in [1.82, 2.24) is 0 Å². The van der Waals surface area contributed by atoms with Gasteiger partial charge in [-0.05, 0) is 31.2 Å². The average Bonchev–Trinajstić information content (AvgIpc) is 2.05. The first kappa shape index (κ1) is 8.41. The average molecular weight is 169 g/mol. The molecular formula is C9H11ClN. The van der Waals surface area contributed by atoms with Crippen molar-refractivity contribution in [3.05, 3.63) is 36.2 Å². The fraction of sp³-hybridized carbons (Fsp3) is 0.222. The number of anilines is 1. The first-order chi connectivity index (χ1) is 5.24. The number of hydrogen-bond donors (Lipinski definition) is 0. The standard InChI is InChI=1S/C9H11ClN/c1-3-11(2)9-6-4-8(10)5-7-9/h4-7H,1,3H2,2H3. The van der Waals surface area contributed by atoms with E-state index in [1.54, 1.807) is 0 Å². The lowest BCUT2D eigenvalue weighted by Gasteiger charge is -2.15. The Hall–Kier alpha value is -0.690. The fourth-order valence-corrected chi connectivity index (χ4v) is 0.951. The summed E-state index contributed by atoms with van der Waals surface area (Å²) in [6.45, 7) is 4.54. The van der Waals surface area contributed by atoms with Gasteiger partial charge < -0.3 is 4.90 Å². The molecule has 0 aliphatic rings. The van der Waals surface area contributed by atoms with E-state index in [-0.39, 0.29) is 0 Å². The van der Waals surface area contributed by atoms with Crippen LogP contribution in [0.15, 0.2) is 24.3 Å². The van der Waals surface area contributed by atoms with Crippen molar-refractivity contribution in [2.24, 2.45) is 0 Å². The number of benzene rings is 1. The van der Waals surface area contributed by atoms with Crippen LogP contribution < -0.4 is 4.90 Å². The third kappa shape index (κ3) is 2.12. The molecule has 0 N–H and O–H groups in total. The van der Waals surface area contributed by atoms with Gasteiger partial charge in [0, 0.05) is 24.3 Å². The monoisotopic (exact) mass is 168 g/mol. The lowest BCUT2D eigenvalue weighted by atomic mass is 10.3. The highest BCUT2D eigenvalue weighted by Gasteiger charge is 1.95. The molecule has 1 radical (unpaired) electrons. The maximum atomic E-state index is 5.73. The predicted molar refractivity (Wildman–Crippen MR) is 50.1 cm³/mol. The van der Waals surface area contributed by atoms with E-state index in [4.69, 9.17) is 11.6 Å². The molecule has 1 aromatic carbocycles. The van der Waals surface area contributed by atoms with E-state index in [9.17, 15) is 0 Å². The molecule has 0 fully saturated rings. The van der Waals surface area contributed by atoms with Gasteiger partial charge in [0.2, 0.25) is 0 Å². The smallest absolute Gasteiger partial charge is 0.0407 e. The van der Waals surface area contributed by atoms with Crippen LogP contribution in [0, 0.1) is 6.92 Å². The summed E-state index contributed by atoms with van der Waals surface area (Å²) in [6.07, 6.45) is 0. The molecule has 0 aliphatic heterocycles. The number of hydrogen-bond acceptors (Lipinski definition) is 1. The maximum Gasteiger partial charge on any atom is 0.0407 e. The SMILES string of the molecule is [CH2]CN(C)c1ccc(Cl)cc1. The van der Waals surface area contributed by atoms with E-state index >= 15 is 0 Å². The van der Waals surface area contributed by atoms with Crippen molar-refractivity contribution >= 4 is 17.3 Å². The molecule has 0 saturated heterocycles. The quantitative estimate of drug-likeness (QED) is 0.656. The largest absolute Gasteiger partial charge is 0.375 e. The van der Waals surface area contributed by atoms with Gasteiger partial charge in [0.1, 0.15) is 0 Å². The Kier molecular flexibility index (Phi) is 2.77. The second-order valence-electron chi connectivity index (χ2n) is 2.40. The normalized spacial score (nSPS) is 9.73. The van der Waals surface area contributed by atoms with Crippen molar-refractivity contribution in [3.8, 4) is 0 Å². The second-order valence-corrected chi connectivity index (χ2v) is 2.83. The molecule has 0 heterocycles. The van der Waals surface area contributed by atoms with Gasteiger partial charge in [-0.15, -0.1) is 0 Å². The molecule has 0 unspecified atom stereocenters. The van der Waals surface area contributed by atoms with Crippen molar-refractivity contribution < 1.29 is 0 Å². The molecule has 1 aromatic rings. The van der Waals surface area contributed by atoms with Gasteiger partial charge in [-0.3, -0.25) is 0 Å². The van der Waals surface area contributed by atoms with Crippen molar-refractivity contribution in [1.29, 1.82) is 0 Å². The van der Waals surface area contributed by atoms with Gasteiger partial charge in [0.05, 0.1) is 0 Å². The molecule has 1 nitrogen and oxygen atoms in total. The van der Waals surface area contributed by atoms with Crippen LogP contribution in [0.5, 0.6) is 0 Å². The van der Waals surface area contributed by atoms with Crippen LogP contribution in [0.25, 0.3) is 0 Å². The molecule has 59 valence electrons. The molecular weight excluding hydrogens is 158 g/mol. The zero-order valence-corrected chi connectivity index (χ0v) is 7.30. The molecule has 0 bridgehead atoms. The Morgan fingerprint density at radius 1 is 1.36 bits per heavy atom. The number of rotatable bonds is 2. The summed E-state index contributed by atoms with van der Waals surface area (Å²) in [5.41, 5.74) is 1.14. The summed E-state index contributed by atoms with van der Waals surface area (Å²) in [5, 5.41) is 0.770. The van der Waals surface area contributed by atoms with Gasteiger partial charge in [0.25, 0.3) is 0 Å². The van der Waals surface area contributed by atoms with E-state index in [2.05, 4.69) is 11.8 Å². The van der Waals surface area contributed by atoms with E-state index in [1.165, 1.54) is 0 Å². The first-order valence-corrected chi connectivity index (χ1v) is 3.88. The fourth-order valence-electron chi connectivity index (χ4n) is 0.825. The molecule has 1 rings (SSSR count). The molecule has 11 heavy (non-hydrogen) atoms. The predicted octanol–water partition coefficient (Wildman–Crippen LogP) is 2.61. The minimum Gasteiger partial charge on any atom is -0.375 e. The van der Waals surface area contributed by atoms with Gasteiger partial charge in [-0.1, -0.05) is 11.6 Å². The molecule has 0 aromatic heterocycles. The molecule has 0 spiro atoms. The van der Waals surface area contributed by atoms with Crippen LogP contribution in [0.3, 0.4) is 0 Å². The summed E-state index contributed by atoms with van der Waals surface area (Å²) in [5.74, 6) is 0. The molecule has 0 atom stereocenters. The van der Waals surface area contributed by atoms with Crippen molar-refractivity contribution in [2.45, 2.75) is 0 Å². The molecule has 0 amide bonds. The topological polar surface area (TPSA) is 3.24 Å². The second kappa shape index (κ2) is 3.63. The summed E-state index contributed by atoms with van der Waals surface area (Å²) in [4.78, 5) is 2.05. The summed E-state index contributed by atoms with van der Waals surface area (Å²) < 4.78 is 0. The van der Waals surface area contributed by atoms with E-state index in [0.717, 1.165) is 17.3 Å². The Morgan fingerprint density at radius 3 is 2.36 bits per heavy atom. The van der Waals surface area contributed by atoms with Crippen LogP contribution in [0.2, 0.25) is 5.02 Å². The zero-order valence-electron chi connectivity index (χ0n) is 6.55. The van der Waals surface area contributed by atoms with Crippen molar-refractivity contribution in [3.63, 3.8) is 0 Å². The van der Waals surface area contributed by atoms with E-state index in [1.807, 2.05) is 31.3 Å². The van der Waals surface area contributed by atoms with Crippen LogP contribution >= 0.6 is 11.6 Å². The molecule has 2 heteroatoms. The third-order valence-corrected chi connectivity index (χ3v) is 1.85. The minimum atomic E-state index is 0.766. The lowest BCUT2D eigenvalue weighted by Crippen LogP contribution is -2.15. The van der Waals surface area contributed by atoms with Crippen LogP contribution in [-0.4, -0.2) is 13.6 Å². The summed E-state index contributed by atoms with van der Waals surface area (Å²) in [6, 6.07) is 7.72. The van der Waals surface area contributed by atoms with Crippen LogP contribution in [0.4, 0.5) is 5.69 Å². The highest BCUT2D eigenvalue weighted by atomic mass is 35.5. The Bertz CT molecular complexity index is 218. The van der Waals surface area contributed by atoms with Crippen molar-refractivity contribution in [2.75, 3.05) is 18.5 Å². The maximum absolute atomic E-state index is 5.73. The Balaban J connectivity index is 2.81. The van der Waals surface area contributed by atoms with Gasteiger partial charge in [-0.25, -0.2) is 0 Å². The molecule has 0 saturated carbocycles. The lowest BCUT2D eigenvalue weighted by molar-refractivity contribution is 1.03. The van der Waals surface area contributed by atoms with Gasteiger partial charge in [0.15, 0.2) is 0 Å².